The van der Waals surface area contributed by atoms with Gasteiger partial charge in [0, 0.05) is 18.0 Å². The van der Waals surface area contributed by atoms with Gasteiger partial charge in [0.05, 0.1) is 10.5 Å². The molecule has 0 atom stereocenters. The summed E-state index contributed by atoms with van der Waals surface area (Å²) in [6.07, 6.45) is 0. The number of aryl methyl sites for hydroxylation is 1. The first-order chi connectivity index (χ1) is 10.1. The smallest absolute Gasteiger partial charge is 0.163 e. The van der Waals surface area contributed by atoms with Crippen LogP contribution in [-0.2, 0) is 0 Å². The van der Waals surface area contributed by atoms with Gasteiger partial charge in [-0.1, -0.05) is 17.7 Å². The maximum Gasteiger partial charge on any atom is 0.163 e. The molecule has 0 saturated carbocycles. The normalized spacial score (nSPS) is 10.9. The first-order valence-corrected chi connectivity index (χ1v) is 6.88. The minimum absolute atomic E-state index is 0.316. The second-order valence-corrected chi connectivity index (χ2v) is 5.20. The second kappa shape index (κ2) is 5.30. The van der Waals surface area contributed by atoms with Gasteiger partial charge in [-0.05, 0) is 42.8 Å². The zero-order chi connectivity index (χ0) is 15.0. The summed E-state index contributed by atoms with van der Waals surface area (Å²) in [6, 6.07) is 10.2. The second-order valence-electron chi connectivity index (χ2n) is 4.79. The number of benzene rings is 2. The summed E-state index contributed by atoms with van der Waals surface area (Å²) < 4.78 is 13.4. The van der Waals surface area contributed by atoms with Crippen LogP contribution in [0.25, 0.3) is 22.3 Å². The Hall–Kier alpha value is -2.20. The third-order valence-electron chi connectivity index (χ3n) is 3.26. The fourth-order valence-corrected chi connectivity index (χ4v) is 2.53. The third kappa shape index (κ3) is 2.54. The largest absolute Gasteiger partial charge is 0.373 e. The number of rotatable bonds is 2. The molecule has 3 nitrogen and oxygen atoms in total. The van der Waals surface area contributed by atoms with Crippen molar-refractivity contribution in [3.8, 4) is 11.4 Å². The molecule has 0 spiro atoms. The molecule has 0 aliphatic carbocycles. The number of fused-ring (bicyclic) bond motifs is 1. The predicted molar refractivity (Wildman–Crippen MR) is 84.2 cm³/mol. The molecule has 0 bridgehead atoms. The number of aromatic nitrogens is 2. The van der Waals surface area contributed by atoms with Crippen molar-refractivity contribution in [3.05, 3.63) is 52.8 Å². The van der Waals surface area contributed by atoms with Crippen LogP contribution < -0.4 is 5.32 Å². The van der Waals surface area contributed by atoms with E-state index in [9.17, 15) is 4.39 Å². The highest BCUT2D eigenvalue weighted by molar-refractivity contribution is 6.33. The summed E-state index contributed by atoms with van der Waals surface area (Å²) >= 11 is 6.28. The van der Waals surface area contributed by atoms with Crippen LogP contribution in [-0.4, -0.2) is 17.0 Å². The van der Waals surface area contributed by atoms with Crippen molar-refractivity contribution in [3.63, 3.8) is 0 Å². The molecule has 3 rings (SSSR count). The number of anilines is 1. The van der Waals surface area contributed by atoms with E-state index in [1.807, 2.05) is 25.1 Å². The van der Waals surface area contributed by atoms with E-state index in [2.05, 4.69) is 15.3 Å². The predicted octanol–water partition coefficient (Wildman–Crippen LogP) is 4.44. The summed E-state index contributed by atoms with van der Waals surface area (Å²) in [5, 5.41) is 4.22. The van der Waals surface area contributed by atoms with Crippen LogP contribution >= 0.6 is 11.6 Å². The molecule has 2 aromatic carbocycles. The first kappa shape index (κ1) is 13.8. The Balaban J connectivity index is 2.26. The van der Waals surface area contributed by atoms with Crippen LogP contribution in [0.1, 0.15) is 5.56 Å². The highest BCUT2D eigenvalue weighted by Gasteiger charge is 2.12. The molecule has 106 valence electrons. The zero-order valence-electron chi connectivity index (χ0n) is 11.6. The number of nitrogens with zero attached hydrogens (tertiary/aromatic N) is 2. The lowest BCUT2D eigenvalue weighted by atomic mass is 10.1. The molecule has 0 unspecified atom stereocenters. The lowest BCUT2D eigenvalue weighted by Gasteiger charge is -2.09. The van der Waals surface area contributed by atoms with E-state index >= 15 is 0 Å². The van der Waals surface area contributed by atoms with Gasteiger partial charge in [-0.3, -0.25) is 0 Å². The molecule has 1 heterocycles. The number of hydrogen-bond donors (Lipinski definition) is 1. The van der Waals surface area contributed by atoms with Crippen LogP contribution in [0, 0.1) is 12.7 Å². The molecule has 5 heteroatoms. The molecule has 0 amide bonds. The summed E-state index contributed by atoms with van der Waals surface area (Å²) in [5.74, 6) is 0.776. The Kier molecular flexibility index (Phi) is 3.47. The summed E-state index contributed by atoms with van der Waals surface area (Å²) in [7, 11) is 1.74. The Bertz CT molecular complexity index is 833. The standard InChI is InChI=1S/C16H13ClFN3/c1-9-3-5-11(13(17)7-9)16-20-14-6-4-10(18)8-12(14)15(19-2)21-16/h3-8H,1-2H3,(H,19,20,21). The fourth-order valence-electron chi connectivity index (χ4n) is 2.21. The monoisotopic (exact) mass is 301 g/mol. The van der Waals surface area contributed by atoms with E-state index in [1.165, 1.54) is 12.1 Å². The molecule has 1 N–H and O–H groups in total. The van der Waals surface area contributed by atoms with Crippen LogP contribution in [0.5, 0.6) is 0 Å². The number of halogens is 2. The first-order valence-electron chi connectivity index (χ1n) is 6.50. The van der Waals surface area contributed by atoms with Crippen molar-refractivity contribution in [1.29, 1.82) is 0 Å². The van der Waals surface area contributed by atoms with E-state index in [4.69, 9.17) is 11.6 Å². The van der Waals surface area contributed by atoms with Crippen LogP contribution in [0.3, 0.4) is 0 Å². The van der Waals surface area contributed by atoms with Gasteiger partial charge in [0.25, 0.3) is 0 Å². The molecule has 21 heavy (non-hydrogen) atoms. The van der Waals surface area contributed by atoms with Crippen LogP contribution in [0.15, 0.2) is 36.4 Å². The van der Waals surface area contributed by atoms with Gasteiger partial charge in [0.2, 0.25) is 0 Å². The lowest BCUT2D eigenvalue weighted by Crippen LogP contribution is -1.99. The van der Waals surface area contributed by atoms with Crippen molar-refractivity contribution in [2.45, 2.75) is 6.92 Å². The summed E-state index contributed by atoms with van der Waals surface area (Å²) in [4.78, 5) is 8.93. The molecule has 0 radical (unpaired) electrons. The highest BCUT2D eigenvalue weighted by Crippen LogP contribution is 2.30. The fraction of sp³-hybridized carbons (Fsp3) is 0.125. The minimum Gasteiger partial charge on any atom is -0.373 e. The number of nitrogens with one attached hydrogen (secondary N) is 1. The maximum atomic E-state index is 13.4. The van der Waals surface area contributed by atoms with Gasteiger partial charge in [-0.15, -0.1) is 0 Å². The van der Waals surface area contributed by atoms with Gasteiger partial charge < -0.3 is 5.32 Å². The molecular formula is C16H13ClFN3. The number of hydrogen-bond acceptors (Lipinski definition) is 3. The summed E-state index contributed by atoms with van der Waals surface area (Å²) in [6.45, 7) is 1.97. The van der Waals surface area contributed by atoms with Crippen LogP contribution in [0.2, 0.25) is 5.02 Å². The van der Waals surface area contributed by atoms with Crippen molar-refractivity contribution >= 4 is 28.3 Å². The molecule has 0 fully saturated rings. The average Bonchev–Trinajstić information content (AvgIpc) is 2.46. The van der Waals surface area contributed by atoms with Crippen molar-refractivity contribution in [2.75, 3.05) is 12.4 Å². The quantitative estimate of drug-likeness (QED) is 0.760. The Morgan fingerprint density at radius 3 is 2.62 bits per heavy atom. The van der Waals surface area contributed by atoms with Gasteiger partial charge in [-0.2, -0.15) is 0 Å². The van der Waals surface area contributed by atoms with Crippen molar-refractivity contribution in [2.24, 2.45) is 0 Å². The Labute approximate surface area is 126 Å². The van der Waals surface area contributed by atoms with Crippen LogP contribution in [0.4, 0.5) is 10.2 Å². The van der Waals surface area contributed by atoms with Gasteiger partial charge in [0.15, 0.2) is 5.82 Å². The molecule has 0 aliphatic rings. The lowest BCUT2D eigenvalue weighted by molar-refractivity contribution is 0.629. The van der Waals surface area contributed by atoms with E-state index in [-0.39, 0.29) is 5.82 Å². The SMILES string of the molecule is CNc1nc(-c2ccc(C)cc2Cl)nc2ccc(F)cc12. The van der Waals surface area contributed by atoms with Crippen molar-refractivity contribution in [1.82, 2.24) is 9.97 Å². The van der Waals surface area contributed by atoms with E-state index in [1.54, 1.807) is 13.1 Å². The molecular weight excluding hydrogens is 289 g/mol. The van der Waals surface area contributed by atoms with Gasteiger partial charge in [-0.25, -0.2) is 14.4 Å². The molecule has 3 aromatic rings. The molecule has 0 saturated heterocycles. The molecule has 0 aliphatic heterocycles. The molecule has 1 aromatic heterocycles. The third-order valence-corrected chi connectivity index (χ3v) is 3.57. The van der Waals surface area contributed by atoms with Gasteiger partial charge >= 0.3 is 0 Å². The topological polar surface area (TPSA) is 37.8 Å². The van der Waals surface area contributed by atoms with Crippen molar-refractivity contribution < 1.29 is 4.39 Å². The maximum absolute atomic E-state index is 13.4. The van der Waals surface area contributed by atoms with E-state index < -0.39 is 0 Å². The summed E-state index contributed by atoms with van der Waals surface area (Å²) in [5.41, 5.74) is 2.49. The zero-order valence-corrected chi connectivity index (χ0v) is 12.4. The van der Waals surface area contributed by atoms with Gasteiger partial charge in [0.1, 0.15) is 11.6 Å². The Morgan fingerprint density at radius 2 is 1.90 bits per heavy atom. The van der Waals surface area contributed by atoms with E-state index in [0.717, 1.165) is 11.1 Å². The highest BCUT2D eigenvalue weighted by atomic mass is 35.5. The van der Waals surface area contributed by atoms with E-state index in [0.29, 0.717) is 27.6 Å². The average molecular weight is 302 g/mol. The minimum atomic E-state index is -0.316. The Morgan fingerprint density at radius 1 is 1.10 bits per heavy atom.